The number of anilines is 1. The van der Waals surface area contributed by atoms with Crippen LogP contribution in [-0.2, 0) is 6.54 Å². The number of methoxy groups -OCH3 is 1. The van der Waals surface area contributed by atoms with Crippen LogP contribution in [0.4, 0.5) is 10.1 Å². The summed E-state index contributed by atoms with van der Waals surface area (Å²) in [7, 11) is 1.41. The number of carboxylic acid groups (broad SMARTS) is 1. The number of pyridine rings is 2. The zero-order valence-electron chi connectivity index (χ0n) is 17.4. The third-order valence-electron chi connectivity index (χ3n) is 5.13. The van der Waals surface area contributed by atoms with E-state index in [1.165, 1.54) is 30.0 Å². The van der Waals surface area contributed by atoms with Crippen LogP contribution in [0.15, 0.2) is 41.3 Å². The van der Waals surface area contributed by atoms with Crippen molar-refractivity contribution < 1.29 is 24.1 Å². The van der Waals surface area contributed by atoms with E-state index < -0.39 is 23.0 Å². The number of aromatic nitrogens is 2. The molecule has 0 aliphatic heterocycles. The SMILES string of the molecule is COc1nc2c(cc1NCc1ccccc1F)c(=O)c(C(=O)O)cn2[C@H](CO)C(C)C. The Morgan fingerprint density at radius 1 is 1.32 bits per heavy atom. The number of carbonyl (C=O) groups is 1. The van der Waals surface area contributed by atoms with Gasteiger partial charge in [0.15, 0.2) is 0 Å². The van der Waals surface area contributed by atoms with Crippen molar-refractivity contribution in [2.24, 2.45) is 5.92 Å². The highest BCUT2D eigenvalue weighted by Gasteiger charge is 2.23. The maximum Gasteiger partial charge on any atom is 0.341 e. The molecule has 2 aromatic heterocycles. The predicted octanol–water partition coefficient (Wildman–Crippen LogP) is 3.04. The molecule has 9 heteroatoms. The minimum Gasteiger partial charge on any atom is -0.479 e. The number of hydrogen-bond acceptors (Lipinski definition) is 6. The van der Waals surface area contributed by atoms with E-state index in [2.05, 4.69) is 10.3 Å². The highest BCUT2D eigenvalue weighted by molar-refractivity contribution is 5.93. The van der Waals surface area contributed by atoms with Gasteiger partial charge in [0, 0.05) is 18.3 Å². The molecule has 3 N–H and O–H groups in total. The highest BCUT2D eigenvalue weighted by Crippen LogP contribution is 2.29. The Morgan fingerprint density at radius 2 is 2.03 bits per heavy atom. The van der Waals surface area contributed by atoms with Gasteiger partial charge >= 0.3 is 5.97 Å². The quantitative estimate of drug-likeness (QED) is 0.504. The fourth-order valence-electron chi connectivity index (χ4n) is 3.39. The Morgan fingerprint density at radius 3 is 2.61 bits per heavy atom. The van der Waals surface area contributed by atoms with Crippen LogP contribution in [0.3, 0.4) is 0 Å². The number of aromatic carboxylic acids is 1. The van der Waals surface area contributed by atoms with E-state index in [0.717, 1.165) is 0 Å². The first kappa shape index (κ1) is 22.2. The maximum absolute atomic E-state index is 14.0. The second kappa shape index (κ2) is 9.13. The Bertz CT molecular complexity index is 1180. The molecular weight excluding hydrogens is 405 g/mol. The van der Waals surface area contributed by atoms with Crippen LogP contribution in [0, 0.1) is 11.7 Å². The lowest BCUT2D eigenvalue weighted by atomic mass is 10.0. The largest absolute Gasteiger partial charge is 0.479 e. The number of fused-ring (bicyclic) bond motifs is 1. The first-order valence-electron chi connectivity index (χ1n) is 9.73. The number of ether oxygens (including phenoxy) is 1. The number of benzene rings is 1. The molecule has 3 rings (SSSR count). The van der Waals surface area contributed by atoms with E-state index in [1.54, 1.807) is 18.2 Å². The van der Waals surface area contributed by atoms with Gasteiger partial charge in [-0.1, -0.05) is 32.0 Å². The van der Waals surface area contributed by atoms with Gasteiger partial charge in [-0.15, -0.1) is 0 Å². The van der Waals surface area contributed by atoms with Gasteiger partial charge in [-0.05, 0) is 18.1 Å². The molecule has 0 spiro atoms. The summed E-state index contributed by atoms with van der Waals surface area (Å²) in [6.45, 7) is 3.57. The van der Waals surface area contributed by atoms with Crippen molar-refractivity contribution in [2.75, 3.05) is 19.0 Å². The fourth-order valence-corrected chi connectivity index (χ4v) is 3.39. The zero-order valence-corrected chi connectivity index (χ0v) is 17.4. The van der Waals surface area contributed by atoms with E-state index in [0.29, 0.717) is 11.3 Å². The summed E-state index contributed by atoms with van der Waals surface area (Å²) >= 11 is 0. The second-order valence-corrected chi connectivity index (χ2v) is 7.44. The average molecular weight is 429 g/mol. The lowest BCUT2D eigenvalue weighted by molar-refractivity contribution is 0.0694. The molecule has 0 fully saturated rings. The minimum absolute atomic E-state index is 0.0517. The van der Waals surface area contributed by atoms with Crippen molar-refractivity contribution in [3.8, 4) is 5.88 Å². The summed E-state index contributed by atoms with van der Waals surface area (Å²) in [5.74, 6) is -1.68. The van der Waals surface area contributed by atoms with Crippen LogP contribution >= 0.6 is 0 Å². The molecule has 1 atom stereocenters. The monoisotopic (exact) mass is 429 g/mol. The van der Waals surface area contributed by atoms with Gasteiger partial charge in [0.1, 0.15) is 17.0 Å². The van der Waals surface area contributed by atoms with Gasteiger partial charge in [0.25, 0.3) is 0 Å². The van der Waals surface area contributed by atoms with Crippen LogP contribution in [0.2, 0.25) is 0 Å². The molecule has 0 aliphatic rings. The fraction of sp³-hybridized carbons (Fsp3) is 0.318. The molecule has 0 bridgehead atoms. The van der Waals surface area contributed by atoms with Gasteiger partial charge < -0.3 is 24.8 Å². The van der Waals surface area contributed by atoms with Crippen molar-refractivity contribution in [2.45, 2.75) is 26.4 Å². The van der Waals surface area contributed by atoms with Crippen LogP contribution in [0.1, 0.15) is 35.8 Å². The van der Waals surface area contributed by atoms with Gasteiger partial charge in [0.05, 0.1) is 30.8 Å². The van der Waals surface area contributed by atoms with E-state index >= 15 is 0 Å². The molecule has 2 heterocycles. The lowest BCUT2D eigenvalue weighted by Crippen LogP contribution is -2.26. The number of halogens is 1. The van der Waals surface area contributed by atoms with E-state index in [-0.39, 0.29) is 41.8 Å². The molecule has 0 radical (unpaired) electrons. The second-order valence-electron chi connectivity index (χ2n) is 7.44. The third kappa shape index (κ3) is 4.36. The number of hydrogen-bond donors (Lipinski definition) is 3. The normalized spacial score (nSPS) is 12.2. The first-order chi connectivity index (χ1) is 14.8. The summed E-state index contributed by atoms with van der Waals surface area (Å²) < 4.78 is 20.8. The summed E-state index contributed by atoms with van der Waals surface area (Å²) in [6, 6.07) is 7.19. The number of rotatable bonds is 8. The number of aliphatic hydroxyl groups is 1. The molecule has 0 aliphatic carbocycles. The number of nitrogens with zero attached hydrogens (tertiary/aromatic N) is 2. The molecule has 164 valence electrons. The Hall–Kier alpha value is -3.46. The molecule has 0 saturated heterocycles. The molecule has 8 nitrogen and oxygen atoms in total. The van der Waals surface area contributed by atoms with Crippen molar-refractivity contribution in [3.05, 3.63) is 63.7 Å². The Balaban J connectivity index is 2.20. The van der Waals surface area contributed by atoms with Gasteiger partial charge in [-0.25, -0.2) is 9.18 Å². The van der Waals surface area contributed by atoms with Crippen molar-refractivity contribution in [1.82, 2.24) is 9.55 Å². The average Bonchev–Trinajstić information content (AvgIpc) is 2.74. The van der Waals surface area contributed by atoms with Gasteiger partial charge in [-0.2, -0.15) is 4.98 Å². The topological polar surface area (TPSA) is 114 Å². The highest BCUT2D eigenvalue weighted by atomic mass is 19.1. The van der Waals surface area contributed by atoms with Crippen molar-refractivity contribution in [1.29, 1.82) is 0 Å². The third-order valence-corrected chi connectivity index (χ3v) is 5.13. The molecule has 3 aromatic rings. The van der Waals surface area contributed by atoms with Crippen molar-refractivity contribution >= 4 is 22.7 Å². The molecule has 0 unspecified atom stereocenters. The minimum atomic E-state index is -1.38. The molecule has 31 heavy (non-hydrogen) atoms. The molecule has 1 aromatic carbocycles. The number of aliphatic hydroxyl groups excluding tert-OH is 1. The lowest BCUT2D eigenvalue weighted by Gasteiger charge is -2.24. The van der Waals surface area contributed by atoms with E-state index in [9.17, 15) is 24.2 Å². The summed E-state index contributed by atoms with van der Waals surface area (Å²) in [5.41, 5.74) is -0.228. The first-order valence-corrected chi connectivity index (χ1v) is 9.73. The van der Waals surface area contributed by atoms with Gasteiger partial charge in [0.2, 0.25) is 11.3 Å². The molecular formula is C22H24FN3O5. The number of carboxylic acids is 1. The van der Waals surface area contributed by atoms with Crippen LogP contribution in [0.5, 0.6) is 5.88 Å². The Labute approximate surface area is 177 Å². The summed E-state index contributed by atoms with van der Waals surface area (Å²) in [6.07, 6.45) is 1.20. The smallest absolute Gasteiger partial charge is 0.341 e. The van der Waals surface area contributed by atoms with Crippen LogP contribution < -0.4 is 15.5 Å². The van der Waals surface area contributed by atoms with Gasteiger partial charge in [-0.3, -0.25) is 4.79 Å². The van der Waals surface area contributed by atoms with Crippen molar-refractivity contribution in [3.63, 3.8) is 0 Å². The van der Waals surface area contributed by atoms with Crippen LogP contribution in [0.25, 0.3) is 11.0 Å². The molecule has 0 saturated carbocycles. The predicted molar refractivity (Wildman–Crippen MR) is 114 cm³/mol. The number of nitrogens with one attached hydrogen (secondary N) is 1. The summed E-state index contributed by atoms with van der Waals surface area (Å²) in [5, 5.41) is 22.4. The zero-order chi connectivity index (χ0) is 22.7. The van der Waals surface area contributed by atoms with E-state index in [1.807, 2.05) is 13.8 Å². The Kier molecular flexibility index (Phi) is 6.55. The summed E-state index contributed by atoms with van der Waals surface area (Å²) in [4.78, 5) is 29.0. The van der Waals surface area contributed by atoms with Crippen LogP contribution in [-0.4, -0.2) is 39.5 Å². The molecule has 0 amide bonds. The standard InChI is InChI=1S/C22H24FN3O5/c1-12(2)18(11-27)26-10-15(22(29)30)19(28)14-8-17(21(31-3)25-20(14)26)24-9-13-6-4-5-7-16(13)23/h4-8,10,12,18,24,27H,9,11H2,1-3H3,(H,29,30)/t18-/m1/s1. The maximum atomic E-state index is 14.0. The van der Waals surface area contributed by atoms with E-state index in [4.69, 9.17) is 4.74 Å².